The molecule has 0 fully saturated rings. The van der Waals surface area contributed by atoms with Crippen molar-refractivity contribution < 1.29 is 10.0 Å². The van der Waals surface area contributed by atoms with Gasteiger partial charge in [0.2, 0.25) is 0 Å². The van der Waals surface area contributed by atoms with Crippen LogP contribution in [0, 0.1) is 12.8 Å². The number of rotatable bonds is 4. The lowest BCUT2D eigenvalue weighted by molar-refractivity contribution is -0.104. The van der Waals surface area contributed by atoms with Gasteiger partial charge in [-0.3, -0.25) is 4.79 Å². The molecule has 6 nitrogen and oxygen atoms in total. The third kappa shape index (κ3) is 6.07. The average Bonchev–Trinajstić information content (AvgIpc) is 3.03. The minimum atomic E-state index is 0.597. The number of hydrogen-bond acceptors (Lipinski definition) is 5. The first kappa shape index (κ1) is 21.5. The molecule has 1 aromatic carbocycles. The highest BCUT2D eigenvalue weighted by Crippen LogP contribution is 2.18. The fraction of sp³-hybridized carbons (Fsp3) is 0.300. The summed E-state index contributed by atoms with van der Waals surface area (Å²) in [7, 11) is 0. The van der Waals surface area contributed by atoms with Crippen molar-refractivity contribution >= 4 is 23.4 Å². The highest BCUT2D eigenvalue weighted by molar-refractivity contribution is 5.81. The van der Waals surface area contributed by atoms with E-state index >= 15 is 0 Å². The van der Waals surface area contributed by atoms with E-state index in [0.29, 0.717) is 5.92 Å². The molecule has 26 heavy (non-hydrogen) atoms. The minimum absolute atomic E-state index is 0.597. The number of aromatic nitrogens is 2. The van der Waals surface area contributed by atoms with Crippen LogP contribution in [0.1, 0.15) is 24.7 Å². The summed E-state index contributed by atoms with van der Waals surface area (Å²) in [6, 6.07) is 6.04. The molecule has 1 unspecified atom stereocenters. The molecule has 1 aromatic heterocycles. The molecule has 3 rings (SSSR count). The molecular formula is C20H28N4O2. The molecule has 0 amide bonds. The van der Waals surface area contributed by atoms with Crippen LogP contribution in [0.3, 0.4) is 0 Å². The molecule has 0 spiro atoms. The number of imidazole rings is 1. The quantitative estimate of drug-likeness (QED) is 0.443. The van der Waals surface area contributed by atoms with Crippen molar-refractivity contribution in [3.63, 3.8) is 0 Å². The number of hydrogen-bond donors (Lipinski definition) is 3. The zero-order chi connectivity index (χ0) is 19.4. The molecule has 1 heterocycles. The van der Waals surface area contributed by atoms with Gasteiger partial charge in [0.15, 0.2) is 0 Å². The van der Waals surface area contributed by atoms with E-state index in [1.54, 1.807) is 6.08 Å². The molecule has 6 heteroatoms. The molecule has 0 saturated heterocycles. The van der Waals surface area contributed by atoms with Crippen LogP contribution in [0.15, 0.2) is 48.6 Å². The van der Waals surface area contributed by atoms with E-state index in [4.69, 9.17) is 10.9 Å². The number of aldehydes is 1. The molecule has 0 saturated carbocycles. The zero-order valence-electron chi connectivity index (χ0n) is 15.4. The van der Waals surface area contributed by atoms with Gasteiger partial charge in [-0.1, -0.05) is 36.4 Å². The standard InChI is InChI=1S/C13H14N2O.C7H11N.H3NO/c1-3-15-10(2)14-12-9-11(5-4-8-16)6-7-13(12)15;8-6-7-4-2-1-3-5-7;1-2/h4-9H,3H2,1-2H3;1-4,7H,5-6,8H2;2H,1H2/b5-4+;;. The summed E-state index contributed by atoms with van der Waals surface area (Å²) in [5.41, 5.74) is 8.54. The van der Waals surface area contributed by atoms with Gasteiger partial charge in [0.1, 0.15) is 12.1 Å². The summed E-state index contributed by atoms with van der Waals surface area (Å²) < 4.78 is 2.17. The van der Waals surface area contributed by atoms with Gasteiger partial charge in [-0.15, -0.1) is 0 Å². The van der Waals surface area contributed by atoms with Gasteiger partial charge < -0.3 is 15.5 Å². The van der Waals surface area contributed by atoms with E-state index < -0.39 is 0 Å². The smallest absolute Gasteiger partial charge is 0.142 e. The van der Waals surface area contributed by atoms with Crippen LogP contribution in [-0.2, 0) is 11.3 Å². The van der Waals surface area contributed by atoms with Gasteiger partial charge in [-0.25, -0.2) is 10.9 Å². The number of aryl methyl sites for hydroxylation is 2. The van der Waals surface area contributed by atoms with Crippen molar-refractivity contribution in [2.24, 2.45) is 17.5 Å². The summed E-state index contributed by atoms with van der Waals surface area (Å²) in [6.07, 6.45) is 13.6. The van der Waals surface area contributed by atoms with Gasteiger partial charge in [0.05, 0.1) is 11.0 Å². The largest absolute Gasteiger partial charge is 0.330 e. The second-order valence-corrected chi connectivity index (χ2v) is 5.69. The second-order valence-electron chi connectivity index (χ2n) is 5.69. The Labute approximate surface area is 154 Å². The van der Waals surface area contributed by atoms with Crippen LogP contribution in [0.2, 0.25) is 0 Å². The first-order valence-corrected chi connectivity index (χ1v) is 8.57. The Morgan fingerprint density at radius 2 is 2.12 bits per heavy atom. The SMILES string of the molecule is CCn1c(C)nc2cc(/C=C/C=O)ccc21.NCC1C=CC=CC1.NO. The molecule has 1 aliphatic carbocycles. The predicted octanol–water partition coefficient (Wildman–Crippen LogP) is 2.99. The number of allylic oxidation sites excluding steroid dienone is 4. The van der Waals surface area contributed by atoms with Crippen LogP contribution < -0.4 is 11.6 Å². The highest BCUT2D eigenvalue weighted by Gasteiger charge is 2.05. The lowest BCUT2D eigenvalue weighted by Crippen LogP contribution is -2.11. The van der Waals surface area contributed by atoms with E-state index in [2.05, 4.69) is 46.7 Å². The first-order valence-electron chi connectivity index (χ1n) is 8.57. The maximum absolute atomic E-state index is 10.2. The molecule has 1 aliphatic rings. The summed E-state index contributed by atoms with van der Waals surface area (Å²) >= 11 is 0. The van der Waals surface area contributed by atoms with Crippen molar-refractivity contribution in [1.29, 1.82) is 0 Å². The Morgan fingerprint density at radius 1 is 1.35 bits per heavy atom. The Kier molecular flexibility index (Phi) is 9.86. The molecule has 140 valence electrons. The molecular weight excluding hydrogens is 328 g/mol. The minimum Gasteiger partial charge on any atom is -0.330 e. The van der Waals surface area contributed by atoms with E-state index in [9.17, 15) is 4.79 Å². The number of carbonyl (C=O) groups excluding carboxylic acids is 1. The second kappa shape index (κ2) is 11.9. The topological polar surface area (TPSA) is 107 Å². The lowest BCUT2D eigenvalue weighted by atomic mass is 10.0. The summed E-state index contributed by atoms with van der Waals surface area (Å²) in [4.78, 5) is 14.7. The van der Waals surface area contributed by atoms with E-state index in [1.807, 2.05) is 25.1 Å². The molecule has 5 N–H and O–H groups in total. The summed E-state index contributed by atoms with van der Waals surface area (Å²) in [6.45, 7) is 5.81. The van der Waals surface area contributed by atoms with Crippen LogP contribution in [-0.4, -0.2) is 27.6 Å². The van der Waals surface area contributed by atoms with Crippen molar-refractivity contribution in [3.8, 4) is 0 Å². The number of carbonyl (C=O) groups is 1. The van der Waals surface area contributed by atoms with Gasteiger partial charge in [0.25, 0.3) is 0 Å². The lowest BCUT2D eigenvalue weighted by Gasteiger charge is -2.07. The first-order chi connectivity index (χ1) is 12.7. The monoisotopic (exact) mass is 356 g/mol. The van der Waals surface area contributed by atoms with E-state index in [0.717, 1.165) is 48.2 Å². The van der Waals surface area contributed by atoms with Crippen LogP contribution in [0.25, 0.3) is 17.1 Å². The number of nitrogens with two attached hydrogens (primary N) is 2. The maximum Gasteiger partial charge on any atom is 0.142 e. The fourth-order valence-electron chi connectivity index (χ4n) is 2.73. The van der Waals surface area contributed by atoms with Crippen LogP contribution in [0.5, 0.6) is 0 Å². The van der Waals surface area contributed by atoms with Crippen molar-refractivity contribution in [1.82, 2.24) is 9.55 Å². The Morgan fingerprint density at radius 3 is 2.65 bits per heavy atom. The molecule has 1 atom stereocenters. The van der Waals surface area contributed by atoms with Crippen LogP contribution >= 0.6 is 0 Å². The third-order valence-corrected chi connectivity index (χ3v) is 4.02. The van der Waals surface area contributed by atoms with Crippen molar-refractivity contribution in [2.75, 3.05) is 6.54 Å². The average molecular weight is 356 g/mol. The molecule has 0 aliphatic heterocycles. The number of nitrogens with zero attached hydrogens (tertiary/aromatic N) is 2. The van der Waals surface area contributed by atoms with Crippen molar-refractivity contribution in [2.45, 2.75) is 26.8 Å². The molecule has 0 bridgehead atoms. The molecule has 2 aromatic rings. The normalized spacial score (nSPS) is 15.3. The predicted molar refractivity (Wildman–Crippen MR) is 107 cm³/mol. The zero-order valence-corrected chi connectivity index (χ0v) is 15.4. The Balaban J connectivity index is 0.000000284. The maximum atomic E-state index is 10.2. The number of fused-ring (bicyclic) bond motifs is 1. The summed E-state index contributed by atoms with van der Waals surface area (Å²) in [5.74, 6) is 5.12. The molecule has 0 radical (unpaired) electrons. The van der Waals surface area contributed by atoms with Gasteiger partial charge in [-0.2, -0.15) is 0 Å². The van der Waals surface area contributed by atoms with E-state index in [1.165, 1.54) is 6.08 Å². The van der Waals surface area contributed by atoms with E-state index in [-0.39, 0.29) is 0 Å². The Hall–Kier alpha value is -2.54. The van der Waals surface area contributed by atoms with Gasteiger partial charge in [-0.05, 0) is 56.5 Å². The Bertz CT molecular complexity index is 775. The summed E-state index contributed by atoms with van der Waals surface area (Å²) in [5, 5.41) is 6.50. The highest BCUT2D eigenvalue weighted by atomic mass is 16.4. The fourth-order valence-corrected chi connectivity index (χ4v) is 2.73. The van der Waals surface area contributed by atoms with Crippen LogP contribution in [0.4, 0.5) is 0 Å². The third-order valence-electron chi connectivity index (χ3n) is 4.02. The van der Waals surface area contributed by atoms with Gasteiger partial charge >= 0.3 is 0 Å². The number of benzene rings is 1. The van der Waals surface area contributed by atoms with Gasteiger partial charge in [0, 0.05) is 6.54 Å². The van der Waals surface area contributed by atoms with Crippen molar-refractivity contribution in [3.05, 3.63) is 60.0 Å².